The molecule has 0 bridgehead atoms. The Morgan fingerprint density at radius 2 is 2.18 bits per heavy atom. The molecular formula is C12H9ClN4O5. The van der Waals surface area contributed by atoms with Gasteiger partial charge in [-0.1, -0.05) is 17.7 Å². The molecule has 0 amide bonds. The molecule has 1 aromatic heterocycles. The van der Waals surface area contributed by atoms with Gasteiger partial charge in [0.25, 0.3) is 0 Å². The largest absolute Gasteiger partial charge is 0.505 e. The highest BCUT2D eigenvalue weighted by Gasteiger charge is 2.23. The van der Waals surface area contributed by atoms with Crippen LogP contribution in [0.15, 0.2) is 24.5 Å². The summed E-state index contributed by atoms with van der Waals surface area (Å²) in [6.45, 7) is 0. The standard InChI is InChI=1S/C12H9ClN4O5/c1-22-12(19)6-3-2-4-7(9(6)18)16-11-8(17(20)21)10(13)14-5-15-11/h2-5,18H,1H3,(H,14,15,16). The number of hydrogen-bond donors (Lipinski definition) is 2. The van der Waals surface area contributed by atoms with Crippen LogP contribution >= 0.6 is 11.6 Å². The number of aromatic hydroxyl groups is 1. The first-order valence-corrected chi connectivity index (χ1v) is 6.15. The quantitative estimate of drug-likeness (QED) is 0.288. The van der Waals surface area contributed by atoms with Crippen LogP contribution in [0.25, 0.3) is 0 Å². The molecule has 0 fully saturated rings. The van der Waals surface area contributed by atoms with Gasteiger partial charge in [-0.25, -0.2) is 14.8 Å². The van der Waals surface area contributed by atoms with Crippen LogP contribution in [-0.2, 0) is 4.74 Å². The molecule has 0 aliphatic carbocycles. The highest BCUT2D eigenvalue weighted by atomic mass is 35.5. The van der Waals surface area contributed by atoms with Crippen molar-refractivity contribution < 1.29 is 19.6 Å². The van der Waals surface area contributed by atoms with Crippen LogP contribution in [-0.4, -0.2) is 33.1 Å². The van der Waals surface area contributed by atoms with Gasteiger partial charge in [-0.3, -0.25) is 10.1 Å². The molecule has 114 valence electrons. The maximum Gasteiger partial charge on any atom is 0.348 e. The molecule has 0 spiro atoms. The molecule has 0 aliphatic rings. The Morgan fingerprint density at radius 3 is 2.82 bits per heavy atom. The number of phenolic OH excluding ortho intramolecular Hbond substituents is 1. The summed E-state index contributed by atoms with van der Waals surface area (Å²) < 4.78 is 4.52. The van der Waals surface area contributed by atoms with Gasteiger partial charge in [-0.05, 0) is 12.1 Å². The molecule has 22 heavy (non-hydrogen) atoms. The zero-order valence-electron chi connectivity index (χ0n) is 11.1. The predicted octanol–water partition coefficient (Wildman–Crippen LogP) is 2.27. The summed E-state index contributed by atoms with van der Waals surface area (Å²) in [6, 6.07) is 4.21. The van der Waals surface area contributed by atoms with Crippen molar-refractivity contribution in [2.24, 2.45) is 0 Å². The van der Waals surface area contributed by atoms with Gasteiger partial charge >= 0.3 is 11.7 Å². The number of ether oxygens (including phenoxy) is 1. The molecule has 0 unspecified atom stereocenters. The molecule has 9 nitrogen and oxygen atoms in total. The van der Waals surface area contributed by atoms with E-state index in [2.05, 4.69) is 20.0 Å². The van der Waals surface area contributed by atoms with E-state index < -0.39 is 22.3 Å². The SMILES string of the molecule is COC(=O)c1cccc(Nc2ncnc(Cl)c2[N+](=O)[O-])c1O. The number of rotatable bonds is 4. The van der Waals surface area contributed by atoms with Crippen LogP contribution < -0.4 is 5.32 Å². The van der Waals surface area contributed by atoms with Crippen molar-refractivity contribution >= 4 is 34.8 Å². The fraction of sp³-hybridized carbons (Fsp3) is 0.0833. The third-order valence-electron chi connectivity index (χ3n) is 2.65. The van der Waals surface area contributed by atoms with E-state index in [9.17, 15) is 20.0 Å². The zero-order valence-corrected chi connectivity index (χ0v) is 11.9. The summed E-state index contributed by atoms with van der Waals surface area (Å²) in [6.07, 6.45) is 1.03. The summed E-state index contributed by atoms with van der Waals surface area (Å²) in [5.74, 6) is -1.41. The van der Waals surface area contributed by atoms with Gasteiger partial charge < -0.3 is 15.2 Å². The van der Waals surface area contributed by atoms with E-state index in [4.69, 9.17) is 11.6 Å². The number of methoxy groups -OCH3 is 1. The third-order valence-corrected chi connectivity index (χ3v) is 2.93. The number of esters is 1. The zero-order chi connectivity index (χ0) is 16.3. The van der Waals surface area contributed by atoms with Gasteiger partial charge in [-0.15, -0.1) is 0 Å². The van der Waals surface area contributed by atoms with Crippen molar-refractivity contribution in [2.75, 3.05) is 12.4 Å². The lowest BCUT2D eigenvalue weighted by molar-refractivity contribution is -0.384. The van der Waals surface area contributed by atoms with Crippen LogP contribution in [0.4, 0.5) is 17.2 Å². The van der Waals surface area contributed by atoms with E-state index >= 15 is 0 Å². The summed E-state index contributed by atoms with van der Waals surface area (Å²) in [4.78, 5) is 29.0. The smallest absolute Gasteiger partial charge is 0.348 e. The van der Waals surface area contributed by atoms with E-state index in [1.54, 1.807) is 0 Å². The topological polar surface area (TPSA) is 127 Å². The second-order valence-electron chi connectivity index (χ2n) is 3.94. The highest BCUT2D eigenvalue weighted by molar-refractivity contribution is 6.31. The van der Waals surface area contributed by atoms with Crippen molar-refractivity contribution in [3.63, 3.8) is 0 Å². The highest BCUT2D eigenvalue weighted by Crippen LogP contribution is 2.35. The Labute approximate surface area is 128 Å². The molecule has 2 N–H and O–H groups in total. The number of nitro groups is 1. The third kappa shape index (κ3) is 2.88. The molecule has 2 rings (SSSR count). The number of nitrogens with zero attached hydrogens (tertiary/aromatic N) is 3. The van der Waals surface area contributed by atoms with E-state index in [0.717, 1.165) is 13.4 Å². The predicted molar refractivity (Wildman–Crippen MR) is 76.4 cm³/mol. The van der Waals surface area contributed by atoms with E-state index in [-0.39, 0.29) is 22.2 Å². The van der Waals surface area contributed by atoms with Gasteiger partial charge in [0.15, 0.2) is 5.75 Å². The van der Waals surface area contributed by atoms with Gasteiger partial charge in [0.1, 0.15) is 11.9 Å². The average Bonchev–Trinajstić information content (AvgIpc) is 2.48. The minimum atomic E-state index is -0.758. The number of anilines is 2. The molecule has 0 saturated heterocycles. The molecule has 10 heteroatoms. The van der Waals surface area contributed by atoms with Gasteiger partial charge in [0, 0.05) is 0 Å². The number of nitrogens with one attached hydrogen (secondary N) is 1. The molecule has 0 saturated carbocycles. The molecular weight excluding hydrogens is 316 g/mol. The van der Waals surface area contributed by atoms with Crippen LogP contribution in [0.1, 0.15) is 10.4 Å². The minimum Gasteiger partial charge on any atom is -0.505 e. The van der Waals surface area contributed by atoms with E-state index in [1.807, 2.05) is 0 Å². The number of benzene rings is 1. The maximum atomic E-state index is 11.5. The number of halogens is 1. The first-order chi connectivity index (χ1) is 10.5. The number of carbonyl (C=O) groups is 1. The van der Waals surface area contributed by atoms with Crippen molar-refractivity contribution in [3.05, 3.63) is 45.4 Å². The van der Waals surface area contributed by atoms with Crippen LogP contribution in [0, 0.1) is 10.1 Å². The number of carbonyl (C=O) groups excluding carboxylic acids is 1. The summed E-state index contributed by atoms with van der Waals surface area (Å²) in [5, 5.41) is 23.2. The fourth-order valence-corrected chi connectivity index (χ4v) is 1.86. The Balaban J connectivity index is 2.47. The lowest BCUT2D eigenvalue weighted by Crippen LogP contribution is -2.05. The molecule has 0 aliphatic heterocycles. The lowest BCUT2D eigenvalue weighted by Gasteiger charge is -2.10. The molecule has 0 radical (unpaired) electrons. The second-order valence-corrected chi connectivity index (χ2v) is 4.30. The average molecular weight is 325 g/mol. The number of para-hydroxylation sites is 1. The molecule has 2 aromatic rings. The van der Waals surface area contributed by atoms with Crippen molar-refractivity contribution in [2.45, 2.75) is 0 Å². The first-order valence-electron chi connectivity index (χ1n) is 5.78. The van der Waals surface area contributed by atoms with Crippen molar-refractivity contribution in [3.8, 4) is 5.75 Å². The van der Waals surface area contributed by atoms with Gasteiger partial charge in [-0.2, -0.15) is 0 Å². The Kier molecular flexibility index (Phi) is 4.37. The first kappa shape index (κ1) is 15.4. The maximum absolute atomic E-state index is 11.5. The number of phenols is 1. The van der Waals surface area contributed by atoms with Crippen LogP contribution in [0.3, 0.4) is 0 Å². The van der Waals surface area contributed by atoms with E-state index in [1.165, 1.54) is 18.2 Å². The summed E-state index contributed by atoms with van der Waals surface area (Å²) in [7, 11) is 1.16. The van der Waals surface area contributed by atoms with Crippen molar-refractivity contribution in [1.29, 1.82) is 0 Å². The second kappa shape index (κ2) is 6.22. The van der Waals surface area contributed by atoms with Crippen molar-refractivity contribution in [1.82, 2.24) is 9.97 Å². The van der Waals surface area contributed by atoms with Gasteiger partial charge in [0.2, 0.25) is 11.0 Å². The Bertz CT molecular complexity index is 752. The lowest BCUT2D eigenvalue weighted by atomic mass is 10.1. The number of aromatic nitrogens is 2. The van der Waals surface area contributed by atoms with Crippen LogP contribution in [0.5, 0.6) is 5.75 Å². The van der Waals surface area contributed by atoms with Gasteiger partial charge in [0.05, 0.1) is 17.7 Å². The molecule has 1 heterocycles. The van der Waals surface area contributed by atoms with Crippen LogP contribution in [0.2, 0.25) is 5.15 Å². The molecule has 1 aromatic carbocycles. The fourth-order valence-electron chi connectivity index (χ4n) is 1.66. The molecule has 0 atom stereocenters. The summed E-state index contributed by atoms with van der Waals surface area (Å²) in [5.41, 5.74) is -0.622. The monoisotopic (exact) mass is 324 g/mol. The minimum absolute atomic E-state index is 0.0285. The Morgan fingerprint density at radius 1 is 1.45 bits per heavy atom. The van der Waals surface area contributed by atoms with E-state index in [0.29, 0.717) is 0 Å². The number of hydrogen-bond acceptors (Lipinski definition) is 8. The normalized spacial score (nSPS) is 10.1. The Hall–Kier alpha value is -2.94. The summed E-state index contributed by atoms with van der Waals surface area (Å²) >= 11 is 5.67.